The first kappa shape index (κ1) is 15.9. The number of nitrogens with one attached hydrogen (secondary N) is 1. The van der Waals surface area contributed by atoms with Gasteiger partial charge >= 0.3 is 6.18 Å². The number of thiazole rings is 1. The molecule has 0 aliphatic rings. The van der Waals surface area contributed by atoms with Gasteiger partial charge < -0.3 is 10.4 Å². The molecule has 9 heteroatoms. The summed E-state index contributed by atoms with van der Waals surface area (Å²) in [6.45, 7) is -0.273. The summed E-state index contributed by atoms with van der Waals surface area (Å²) in [7, 11) is 0. The first-order valence-corrected chi connectivity index (χ1v) is 6.30. The van der Waals surface area contributed by atoms with Crippen LogP contribution >= 0.6 is 11.3 Å². The Labute approximate surface area is 112 Å². The molecular formula is C10H14F3N3O2S. The first-order valence-electron chi connectivity index (χ1n) is 5.42. The van der Waals surface area contributed by atoms with Gasteiger partial charge in [-0.3, -0.25) is 9.69 Å². The number of amides is 1. The zero-order chi connectivity index (χ0) is 14.5. The number of hydrogen-bond donors (Lipinski definition) is 2. The first-order chi connectivity index (χ1) is 8.80. The Morgan fingerprint density at radius 1 is 1.58 bits per heavy atom. The number of alkyl halides is 3. The fourth-order valence-electron chi connectivity index (χ4n) is 1.43. The minimum Gasteiger partial charge on any atom is -0.395 e. The summed E-state index contributed by atoms with van der Waals surface area (Å²) in [6.07, 6.45) is -4.33. The van der Waals surface area contributed by atoms with E-state index >= 15 is 0 Å². The van der Waals surface area contributed by atoms with E-state index < -0.39 is 12.7 Å². The van der Waals surface area contributed by atoms with Crippen molar-refractivity contribution < 1.29 is 23.1 Å². The van der Waals surface area contributed by atoms with Crippen LogP contribution in [0.15, 0.2) is 5.38 Å². The van der Waals surface area contributed by atoms with Crippen LogP contribution in [0, 0.1) is 0 Å². The number of aliphatic hydroxyl groups is 1. The molecule has 0 aliphatic carbocycles. The molecule has 19 heavy (non-hydrogen) atoms. The van der Waals surface area contributed by atoms with Gasteiger partial charge in [-0.25, -0.2) is 4.98 Å². The molecule has 108 valence electrons. The third kappa shape index (κ3) is 6.50. The third-order valence-electron chi connectivity index (χ3n) is 2.04. The average Bonchev–Trinajstić information content (AvgIpc) is 2.62. The maximum atomic E-state index is 12.3. The van der Waals surface area contributed by atoms with Gasteiger partial charge in [0.15, 0.2) is 5.13 Å². The topological polar surface area (TPSA) is 65.5 Å². The molecule has 2 N–H and O–H groups in total. The molecule has 0 bridgehead atoms. The molecule has 0 atom stereocenters. The van der Waals surface area contributed by atoms with Crippen molar-refractivity contribution in [2.45, 2.75) is 19.6 Å². The monoisotopic (exact) mass is 297 g/mol. The minimum absolute atomic E-state index is 0.0316. The SMILES string of the molecule is CC(=O)Nc1nc(CN(CCO)CC(F)(F)F)cs1. The van der Waals surface area contributed by atoms with Gasteiger partial charge in [0, 0.05) is 25.4 Å². The molecule has 0 radical (unpaired) electrons. The van der Waals surface area contributed by atoms with Gasteiger partial charge in [-0.1, -0.05) is 0 Å². The van der Waals surface area contributed by atoms with Crippen LogP contribution in [0.25, 0.3) is 0 Å². The number of anilines is 1. The van der Waals surface area contributed by atoms with Gasteiger partial charge in [0.25, 0.3) is 0 Å². The molecule has 0 aliphatic heterocycles. The van der Waals surface area contributed by atoms with Crippen LogP contribution in [0.4, 0.5) is 18.3 Å². The van der Waals surface area contributed by atoms with Crippen LogP contribution < -0.4 is 5.32 Å². The van der Waals surface area contributed by atoms with Crippen molar-refractivity contribution in [3.8, 4) is 0 Å². The molecule has 0 fully saturated rings. The van der Waals surface area contributed by atoms with Gasteiger partial charge in [-0.05, 0) is 0 Å². The molecule has 1 amide bonds. The van der Waals surface area contributed by atoms with Gasteiger partial charge in [-0.2, -0.15) is 13.2 Å². The maximum absolute atomic E-state index is 12.3. The van der Waals surface area contributed by atoms with E-state index in [1.54, 1.807) is 5.38 Å². The van der Waals surface area contributed by atoms with Gasteiger partial charge in [0.1, 0.15) is 0 Å². The number of halogens is 3. The molecule has 1 aromatic heterocycles. The zero-order valence-corrected chi connectivity index (χ0v) is 11.0. The third-order valence-corrected chi connectivity index (χ3v) is 2.85. The molecule has 5 nitrogen and oxygen atoms in total. The molecule has 0 unspecified atom stereocenters. The van der Waals surface area contributed by atoms with Gasteiger partial charge in [0.05, 0.1) is 18.8 Å². The Bertz CT molecular complexity index is 422. The molecular weight excluding hydrogens is 283 g/mol. The van der Waals surface area contributed by atoms with E-state index in [-0.39, 0.29) is 25.6 Å². The van der Waals surface area contributed by atoms with E-state index in [4.69, 9.17) is 5.11 Å². The Morgan fingerprint density at radius 3 is 2.79 bits per heavy atom. The Kier molecular flexibility index (Phi) is 5.70. The molecule has 1 aromatic rings. The fraction of sp³-hybridized carbons (Fsp3) is 0.600. The number of nitrogens with zero attached hydrogens (tertiary/aromatic N) is 2. The van der Waals surface area contributed by atoms with E-state index in [9.17, 15) is 18.0 Å². The second-order valence-electron chi connectivity index (χ2n) is 3.87. The number of rotatable bonds is 6. The molecule has 0 saturated carbocycles. The average molecular weight is 297 g/mol. The number of aliphatic hydroxyl groups excluding tert-OH is 1. The van der Waals surface area contributed by atoms with Gasteiger partial charge in [0.2, 0.25) is 5.91 Å². The summed E-state index contributed by atoms with van der Waals surface area (Å²) in [5.41, 5.74) is 0.423. The molecule has 0 aromatic carbocycles. The predicted octanol–water partition coefficient (Wildman–Crippen LogP) is 1.46. The standard InChI is InChI=1S/C10H14F3N3O2S/c1-7(18)14-9-15-8(5-19-9)4-16(2-3-17)6-10(11,12)13/h5,17H,2-4,6H2,1H3,(H,14,15,18). The number of carbonyl (C=O) groups excluding carboxylic acids is 1. The molecule has 0 saturated heterocycles. The molecule has 0 spiro atoms. The lowest BCUT2D eigenvalue weighted by Gasteiger charge is -2.21. The van der Waals surface area contributed by atoms with Crippen molar-refractivity contribution >= 4 is 22.4 Å². The van der Waals surface area contributed by atoms with Crippen molar-refractivity contribution in [3.63, 3.8) is 0 Å². The Balaban J connectivity index is 2.63. The van der Waals surface area contributed by atoms with E-state index in [1.807, 2.05) is 0 Å². The normalized spacial score (nSPS) is 11.9. The summed E-state index contributed by atoms with van der Waals surface area (Å²) >= 11 is 1.14. The van der Waals surface area contributed by atoms with E-state index in [1.165, 1.54) is 6.92 Å². The largest absolute Gasteiger partial charge is 0.401 e. The van der Waals surface area contributed by atoms with Crippen molar-refractivity contribution in [1.82, 2.24) is 9.88 Å². The van der Waals surface area contributed by atoms with Crippen molar-refractivity contribution in [2.24, 2.45) is 0 Å². The van der Waals surface area contributed by atoms with E-state index in [0.29, 0.717) is 10.8 Å². The van der Waals surface area contributed by atoms with Crippen molar-refractivity contribution in [3.05, 3.63) is 11.1 Å². The van der Waals surface area contributed by atoms with Gasteiger partial charge in [-0.15, -0.1) is 11.3 Å². The van der Waals surface area contributed by atoms with Crippen molar-refractivity contribution in [2.75, 3.05) is 25.0 Å². The second kappa shape index (κ2) is 6.83. The van der Waals surface area contributed by atoms with Crippen molar-refractivity contribution in [1.29, 1.82) is 0 Å². The number of carbonyl (C=O) groups is 1. The summed E-state index contributed by atoms with van der Waals surface area (Å²) < 4.78 is 36.9. The summed E-state index contributed by atoms with van der Waals surface area (Å²) in [5.74, 6) is -0.289. The lowest BCUT2D eigenvalue weighted by molar-refractivity contribution is -0.148. The second-order valence-corrected chi connectivity index (χ2v) is 4.73. The highest BCUT2D eigenvalue weighted by Gasteiger charge is 2.30. The maximum Gasteiger partial charge on any atom is 0.401 e. The summed E-state index contributed by atoms with van der Waals surface area (Å²) in [6, 6.07) is 0. The lowest BCUT2D eigenvalue weighted by Crippen LogP contribution is -2.35. The molecule has 1 heterocycles. The number of aromatic nitrogens is 1. The summed E-state index contributed by atoms with van der Waals surface area (Å²) in [4.78, 5) is 15.8. The van der Waals surface area contributed by atoms with Crippen LogP contribution in [-0.4, -0.2) is 46.8 Å². The lowest BCUT2D eigenvalue weighted by atomic mass is 10.4. The van der Waals surface area contributed by atoms with Crippen LogP contribution in [0.5, 0.6) is 0 Å². The molecule has 1 rings (SSSR count). The Hall–Kier alpha value is -1.19. The highest BCUT2D eigenvalue weighted by Crippen LogP contribution is 2.20. The highest BCUT2D eigenvalue weighted by atomic mass is 32.1. The predicted molar refractivity (Wildman–Crippen MR) is 64.8 cm³/mol. The Morgan fingerprint density at radius 2 is 2.26 bits per heavy atom. The zero-order valence-electron chi connectivity index (χ0n) is 10.2. The number of hydrogen-bond acceptors (Lipinski definition) is 5. The summed E-state index contributed by atoms with van der Waals surface area (Å²) in [5, 5.41) is 13.1. The van der Waals surface area contributed by atoms with Crippen LogP contribution in [-0.2, 0) is 11.3 Å². The highest BCUT2D eigenvalue weighted by molar-refractivity contribution is 7.13. The van der Waals surface area contributed by atoms with Crippen LogP contribution in [0.3, 0.4) is 0 Å². The smallest absolute Gasteiger partial charge is 0.395 e. The quantitative estimate of drug-likeness (QED) is 0.834. The minimum atomic E-state index is -4.33. The van der Waals surface area contributed by atoms with E-state index in [2.05, 4.69) is 10.3 Å². The van der Waals surface area contributed by atoms with Crippen LogP contribution in [0.2, 0.25) is 0 Å². The van der Waals surface area contributed by atoms with E-state index in [0.717, 1.165) is 16.2 Å². The van der Waals surface area contributed by atoms with Crippen LogP contribution in [0.1, 0.15) is 12.6 Å². The fourth-order valence-corrected chi connectivity index (χ4v) is 2.17.